The predicted octanol–water partition coefficient (Wildman–Crippen LogP) is 2.22. The Morgan fingerprint density at radius 3 is 2.95 bits per heavy atom. The second kappa shape index (κ2) is 4.96. The Balaban J connectivity index is 1.87. The fraction of sp³-hybridized carbons (Fsp3) is 0.286. The van der Waals surface area contributed by atoms with Crippen LogP contribution in [0.2, 0.25) is 0 Å². The van der Waals surface area contributed by atoms with Crippen LogP contribution >= 0.6 is 22.6 Å². The molecule has 0 aliphatic carbocycles. The van der Waals surface area contributed by atoms with Crippen LogP contribution in [0.25, 0.3) is 0 Å². The number of carbonyl (C=O) groups excluding carboxylic acids is 1. The molecule has 4 nitrogen and oxygen atoms in total. The zero-order valence-electron chi connectivity index (χ0n) is 10.6. The van der Waals surface area contributed by atoms with Crippen molar-refractivity contribution in [3.8, 4) is 0 Å². The van der Waals surface area contributed by atoms with Crippen LogP contribution in [0.5, 0.6) is 0 Å². The molecule has 2 heterocycles. The van der Waals surface area contributed by atoms with E-state index in [4.69, 9.17) is 0 Å². The van der Waals surface area contributed by atoms with E-state index in [1.165, 1.54) is 0 Å². The van der Waals surface area contributed by atoms with Gasteiger partial charge in [0.05, 0.1) is 29.8 Å². The Hall–Kier alpha value is -1.37. The van der Waals surface area contributed by atoms with E-state index >= 15 is 0 Å². The molecule has 19 heavy (non-hydrogen) atoms. The quantitative estimate of drug-likeness (QED) is 0.725. The Labute approximate surface area is 125 Å². The van der Waals surface area contributed by atoms with Gasteiger partial charge in [-0.15, -0.1) is 0 Å². The number of hydrogen-bond donors (Lipinski definition) is 0. The third-order valence-corrected chi connectivity index (χ3v) is 4.44. The maximum atomic E-state index is 12.6. The molecule has 0 atom stereocenters. The summed E-state index contributed by atoms with van der Waals surface area (Å²) in [6.45, 7) is 1.39. The summed E-state index contributed by atoms with van der Waals surface area (Å²) in [7, 11) is 1.98. The Morgan fingerprint density at radius 1 is 1.37 bits per heavy atom. The number of aryl methyl sites for hydroxylation is 1. The minimum atomic E-state index is 0.108. The van der Waals surface area contributed by atoms with Crippen LogP contribution in [0.3, 0.4) is 0 Å². The standard InChI is InChI=1S/C14H14IN3O/c1-17-9-16-12-6-7-18(8-13(12)17)14(19)10-4-2-3-5-11(10)15/h2-5,9H,6-8H2,1H3. The number of nitrogens with zero attached hydrogens (tertiary/aromatic N) is 3. The lowest BCUT2D eigenvalue weighted by molar-refractivity contribution is 0.0729. The SMILES string of the molecule is Cn1cnc2c1CN(C(=O)c1ccccc1I)CC2. The molecular formula is C14H14IN3O. The summed E-state index contributed by atoms with van der Waals surface area (Å²) >= 11 is 2.21. The highest BCUT2D eigenvalue weighted by Gasteiger charge is 2.25. The Bertz CT molecular complexity index is 635. The van der Waals surface area contributed by atoms with Crippen LogP contribution in [0.4, 0.5) is 0 Å². The highest BCUT2D eigenvalue weighted by molar-refractivity contribution is 14.1. The molecule has 2 aromatic rings. The zero-order chi connectivity index (χ0) is 13.4. The van der Waals surface area contributed by atoms with Gasteiger partial charge in [-0.3, -0.25) is 4.79 Å². The summed E-state index contributed by atoms with van der Waals surface area (Å²) in [6, 6.07) is 7.72. The summed E-state index contributed by atoms with van der Waals surface area (Å²) < 4.78 is 3.01. The first-order valence-electron chi connectivity index (χ1n) is 6.19. The van der Waals surface area contributed by atoms with Crippen molar-refractivity contribution in [2.75, 3.05) is 6.54 Å². The number of halogens is 1. The second-order valence-corrected chi connectivity index (χ2v) is 5.87. The van der Waals surface area contributed by atoms with Gasteiger partial charge in [0, 0.05) is 23.6 Å². The van der Waals surface area contributed by atoms with E-state index in [2.05, 4.69) is 27.6 Å². The minimum absolute atomic E-state index is 0.108. The molecule has 5 heteroatoms. The van der Waals surface area contributed by atoms with Crippen LogP contribution < -0.4 is 0 Å². The van der Waals surface area contributed by atoms with Crippen LogP contribution in [0.15, 0.2) is 30.6 Å². The number of fused-ring (bicyclic) bond motifs is 1. The molecule has 1 aliphatic heterocycles. The molecule has 0 radical (unpaired) electrons. The number of hydrogen-bond acceptors (Lipinski definition) is 2. The number of rotatable bonds is 1. The fourth-order valence-electron chi connectivity index (χ4n) is 2.39. The van der Waals surface area contributed by atoms with Gasteiger partial charge < -0.3 is 9.47 Å². The van der Waals surface area contributed by atoms with Crippen LogP contribution in [0.1, 0.15) is 21.7 Å². The molecular weight excluding hydrogens is 353 g/mol. The lowest BCUT2D eigenvalue weighted by Crippen LogP contribution is -2.37. The van der Waals surface area contributed by atoms with Gasteiger partial charge in [-0.2, -0.15) is 0 Å². The van der Waals surface area contributed by atoms with Gasteiger partial charge in [-0.1, -0.05) is 12.1 Å². The molecule has 0 N–H and O–H groups in total. The van der Waals surface area contributed by atoms with Crippen LogP contribution in [-0.4, -0.2) is 26.9 Å². The predicted molar refractivity (Wildman–Crippen MR) is 80.8 cm³/mol. The molecule has 3 rings (SSSR count). The number of amides is 1. The average molecular weight is 367 g/mol. The van der Waals surface area contributed by atoms with Crippen molar-refractivity contribution in [2.24, 2.45) is 7.05 Å². The van der Waals surface area contributed by atoms with Crippen molar-refractivity contribution in [1.29, 1.82) is 0 Å². The summed E-state index contributed by atoms with van der Waals surface area (Å²) in [4.78, 5) is 18.8. The van der Waals surface area contributed by atoms with Crippen molar-refractivity contribution in [2.45, 2.75) is 13.0 Å². The number of benzene rings is 1. The molecule has 0 spiro atoms. The number of carbonyl (C=O) groups is 1. The molecule has 1 aromatic carbocycles. The summed E-state index contributed by atoms with van der Waals surface area (Å²) in [6.07, 6.45) is 2.66. The third kappa shape index (κ3) is 2.27. The highest BCUT2D eigenvalue weighted by Crippen LogP contribution is 2.21. The Morgan fingerprint density at radius 2 is 2.16 bits per heavy atom. The van der Waals surface area contributed by atoms with Gasteiger partial charge in [0.2, 0.25) is 0 Å². The normalized spacial score (nSPS) is 14.3. The van der Waals surface area contributed by atoms with E-state index in [0.29, 0.717) is 6.54 Å². The minimum Gasteiger partial charge on any atom is -0.336 e. The number of imidazole rings is 1. The molecule has 0 unspecified atom stereocenters. The third-order valence-electron chi connectivity index (χ3n) is 3.50. The van der Waals surface area contributed by atoms with Crippen molar-refractivity contribution in [1.82, 2.24) is 14.5 Å². The largest absolute Gasteiger partial charge is 0.336 e. The van der Waals surface area contributed by atoms with E-state index in [9.17, 15) is 4.79 Å². The molecule has 0 bridgehead atoms. The maximum Gasteiger partial charge on any atom is 0.255 e. The topological polar surface area (TPSA) is 38.1 Å². The summed E-state index contributed by atoms with van der Waals surface area (Å²) in [5.74, 6) is 0.108. The van der Waals surface area contributed by atoms with Crippen LogP contribution in [-0.2, 0) is 20.0 Å². The van der Waals surface area contributed by atoms with Crippen molar-refractivity contribution in [3.05, 3.63) is 51.1 Å². The molecule has 0 fully saturated rings. The Kier molecular flexibility index (Phi) is 3.30. The maximum absolute atomic E-state index is 12.6. The molecule has 0 saturated heterocycles. The number of aromatic nitrogens is 2. The van der Waals surface area contributed by atoms with Gasteiger partial charge in [0.15, 0.2) is 0 Å². The van der Waals surface area contributed by atoms with Crippen molar-refractivity contribution in [3.63, 3.8) is 0 Å². The highest BCUT2D eigenvalue weighted by atomic mass is 127. The molecule has 1 amide bonds. The zero-order valence-corrected chi connectivity index (χ0v) is 12.8. The molecule has 98 valence electrons. The fourth-order valence-corrected chi connectivity index (χ4v) is 3.01. The van der Waals surface area contributed by atoms with E-state index in [-0.39, 0.29) is 5.91 Å². The van der Waals surface area contributed by atoms with Gasteiger partial charge in [0.1, 0.15) is 0 Å². The van der Waals surface area contributed by atoms with Gasteiger partial charge >= 0.3 is 0 Å². The molecule has 1 aliphatic rings. The van der Waals surface area contributed by atoms with E-state index in [1.54, 1.807) is 0 Å². The summed E-state index contributed by atoms with van der Waals surface area (Å²) in [5, 5.41) is 0. The smallest absolute Gasteiger partial charge is 0.255 e. The van der Waals surface area contributed by atoms with Gasteiger partial charge in [0.25, 0.3) is 5.91 Å². The molecule has 0 saturated carbocycles. The first kappa shape index (κ1) is 12.7. The van der Waals surface area contributed by atoms with Gasteiger partial charge in [-0.25, -0.2) is 4.98 Å². The van der Waals surface area contributed by atoms with E-state index in [0.717, 1.165) is 33.5 Å². The first-order chi connectivity index (χ1) is 9.16. The van der Waals surface area contributed by atoms with E-state index < -0.39 is 0 Å². The first-order valence-corrected chi connectivity index (χ1v) is 7.27. The average Bonchev–Trinajstić information content (AvgIpc) is 2.80. The molecule has 1 aromatic heterocycles. The monoisotopic (exact) mass is 367 g/mol. The second-order valence-electron chi connectivity index (χ2n) is 4.71. The van der Waals surface area contributed by atoms with Crippen LogP contribution in [0, 0.1) is 3.57 Å². The van der Waals surface area contributed by atoms with E-state index in [1.807, 2.05) is 47.1 Å². The summed E-state index contributed by atoms with van der Waals surface area (Å²) in [5.41, 5.74) is 3.05. The lowest BCUT2D eigenvalue weighted by atomic mass is 10.1. The van der Waals surface area contributed by atoms with Gasteiger partial charge in [-0.05, 0) is 34.7 Å². The van der Waals surface area contributed by atoms with Crippen molar-refractivity contribution >= 4 is 28.5 Å². The lowest BCUT2D eigenvalue weighted by Gasteiger charge is -2.27. The van der Waals surface area contributed by atoms with Crippen molar-refractivity contribution < 1.29 is 4.79 Å².